The SMILES string of the molecule is COC(=O)[C@H](O)[C@](N)(C(=O)c1ccccc1)c1ccccc1. The molecular formula is C17H17NO4. The zero-order valence-corrected chi connectivity index (χ0v) is 12.1. The number of ketones is 1. The maximum absolute atomic E-state index is 12.8. The van der Waals surface area contributed by atoms with Gasteiger partial charge < -0.3 is 15.6 Å². The summed E-state index contributed by atoms with van der Waals surface area (Å²) >= 11 is 0. The van der Waals surface area contributed by atoms with E-state index >= 15 is 0 Å². The fourth-order valence-electron chi connectivity index (χ4n) is 2.25. The molecule has 0 aliphatic heterocycles. The Bertz CT molecular complexity index is 657. The molecule has 2 aromatic rings. The van der Waals surface area contributed by atoms with Gasteiger partial charge in [-0.3, -0.25) is 4.79 Å². The average molecular weight is 299 g/mol. The molecule has 3 N–H and O–H groups in total. The second-order valence-corrected chi connectivity index (χ2v) is 4.86. The fourth-order valence-corrected chi connectivity index (χ4v) is 2.25. The molecule has 0 fully saturated rings. The molecule has 2 atom stereocenters. The number of carbonyl (C=O) groups is 2. The Kier molecular flexibility index (Phi) is 4.70. The van der Waals surface area contributed by atoms with Crippen molar-refractivity contribution in [2.75, 3.05) is 7.11 Å². The van der Waals surface area contributed by atoms with E-state index in [1.165, 1.54) is 0 Å². The maximum Gasteiger partial charge on any atom is 0.337 e. The summed E-state index contributed by atoms with van der Waals surface area (Å²) in [6, 6.07) is 16.6. The van der Waals surface area contributed by atoms with Gasteiger partial charge in [-0.1, -0.05) is 60.7 Å². The first-order valence-electron chi connectivity index (χ1n) is 6.72. The molecular weight excluding hydrogens is 282 g/mol. The molecule has 0 bridgehead atoms. The molecule has 2 rings (SSSR count). The van der Waals surface area contributed by atoms with E-state index in [4.69, 9.17) is 5.73 Å². The van der Waals surface area contributed by atoms with Crippen molar-refractivity contribution in [3.05, 3.63) is 71.8 Å². The normalized spacial score (nSPS) is 14.7. The lowest BCUT2D eigenvalue weighted by molar-refractivity contribution is -0.153. The molecule has 0 saturated carbocycles. The summed E-state index contributed by atoms with van der Waals surface area (Å²) in [4.78, 5) is 24.6. The second-order valence-electron chi connectivity index (χ2n) is 4.86. The van der Waals surface area contributed by atoms with E-state index in [2.05, 4.69) is 4.74 Å². The van der Waals surface area contributed by atoms with Crippen LogP contribution in [0.3, 0.4) is 0 Å². The Labute approximate surface area is 128 Å². The highest BCUT2D eigenvalue weighted by Crippen LogP contribution is 2.27. The summed E-state index contributed by atoms with van der Waals surface area (Å²) in [5, 5.41) is 10.3. The third-order valence-electron chi connectivity index (χ3n) is 3.52. The fraction of sp³-hybridized carbons (Fsp3) is 0.176. The Morgan fingerprint density at radius 2 is 1.55 bits per heavy atom. The van der Waals surface area contributed by atoms with Crippen molar-refractivity contribution in [3.63, 3.8) is 0 Å². The molecule has 0 aliphatic carbocycles. The van der Waals surface area contributed by atoms with Crippen LogP contribution in [0.1, 0.15) is 15.9 Å². The van der Waals surface area contributed by atoms with Gasteiger partial charge in [0.15, 0.2) is 11.9 Å². The number of benzene rings is 2. The van der Waals surface area contributed by atoms with E-state index in [1.807, 2.05) is 0 Å². The van der Waals surface area contributed by atoms with Crippen molar-refractivity contribution in [2.45, 2.75) is 11.6 Å². The quantitative estimate of drug-likeness (QED) is 0.641. The van der Waals surface area contributed by atoms with Crippen LogP contribution in [0.5, 0.6) is 0 Å². The van der Waals surface area contributed by atoms with Crippen molar-refractivity contribution in [3.8, 4) is 0 Å². The lowest BCUT2D eigenvalue weighted by Crippen LogP contribution is -2.57. The van der Waals surface area contributed by atoms with Gasteiger partial charge in [-0.05, 0) is 5.56 Å². The van der Waals surface area contributed by atoms with Crippen LogP contribution in [0, 0.1) is 0 Å². The van der Waals surface area contributed by atoms with E-state index in [9.17, 15) is 14.7 Å². The van der Waals surface area contributed by atoms with Crippen LogP contribution in [0.15, 0.2) is 60.7 Å². The number of Topliss-reactive ketones (excluding diaryl/α,β-unsaturated/α-hetero) is 1. The molecule has 0 heterocycles. The Hall–Kier alpha value is -2.50. The third kappa shape index (κ3) is 2.77. The highest BCUT2D eigenvalue weighted by molar-refractivity contribution is 6.06. The summed E-state index contributed by atoms with van der Waals surface area (Å²) in [7, 11) is 1.13. The van der Waals surface area contributed by atoms with Crippen LogP contribution in [-0.2, 0) is 15.1 Å². The minimum Gasteiger partial charge on any atom is -0.467 e. The topological polar surface area (TPSA) is 89.6 Å². The van der Waals surface area contributed by atoms with Crippen molar-refractivity contribution < 1.29 is 19.4 Å². The van der Waals surface area contributed by atoms with Gasteiger partial charge in [-0.25, -0.2) is 4.79 Å². The number of hydrogen-bond acceptors (Lipinski definition) is 5. The number of aliphatic hydroxyl groups excluding tert-OH is 1. The van der Waals surface area contributed by atoms with E-state index in [1.54, 1.807) is 60.7 Å². The number of methoxy groups -OCH3 is 1. The number of ether oxygens (including phenoxy) is 1. The van der Waals surface area contributed by atoms with Gasteiger partial charge in [0.05, 0.1) is 7.11 Å². The molecule has 22 heavy (non-hydrogen) atoms. The Morgan fingerprint density at radius 1 is 1.05 bits per heavy atom. The largest absolute Gasteiger partial charge is 0.467 e. The summed E-state index contributed by atoms with van der Waals surface area (Å²) in [6.07, 6.45) is -1.81. The van der Waals surface area contributed by atoms with Gasteiger partial charge in [0.2, 0.25) is 0 Å². The van der Waals surface area contributed by atoms with E-state index in [-0.39, 0.29) is 0 Å². The summed E-state index contributed by atoms with van der Waals surface area (Å²) in [5.74, 6) is -1.52. The predicted molar refractivity (Wildman–Crippen MR) is 81.1 cm³/mol. The van der Waals surface area contributed by atoms with E-state index < -0.39 is 23.4 Å². The number of rotatable bonds is 5. The zero-order valence-electron chi connectivity index (χ0n) is 12.1. The highest BCUT2D eigenvalue weighted by atomic mass is 16.5. The monoisotopic (exact) mass is 299 g/mol. The molecule has 114 valence electrons. The van der Waals surface area contributed by atoms with Gasteiger partial charge in [0.1, 0.15) is 5.54 Å². The number of nitrogens with two attached hydrogens (primary N) is 1. The molecule has 0 spiro atoms. The van der Waals surface area contributed by atoms with Gasteiger partial charge in [0, 0.05) is 5.56 Å². The Morgan fingerprint density at radius 3 is 2.05 bits per heavy atom. The molecule has 0 aromatic heterocycles. The smallest absolute Gasteiger partial charge is 0.337 e. The molecule has 5 nitrogen and oxygen atoms in total. The van der Waals surface area contributed by atoms with Crippen molar-refractivity contribution in [1.82, 2.24) is 0 Å². The molecule has 0 aliphatic rings. The van der Waals surface area contributed by atoms with E-state index in [0.717, 1.165) is 7.11 Å². The van der Waals surface area contributed by atoms with Gasteiger partial charge in [-0.15, -0.1) is 0 Å². The summed E-state index contributed by atoms with van der Waals surface area (Å²) < 4.78 is 4.54. The number of esters is 1. The highest BCUT2D eigenvalue weighted by Gasteiger charge is 2.47. The standard InChI is InChI=1S/C17H17NO4/c1-22-16(21)15(20)17(18,13-10-6-3-7-11-13)14(19)12-8-4-2-5-9-12/h2-11,15,20H,18H2,1H3/t15-,17+/m0/s1. The minimum absolute atomic E-state index is 0.303. The summed E-state index contributed by atoms with van der Waals surface area (Å²) in [5.41, 5.74) is 4.93. The van der Waals surface area contributed by atoms with Crippen molar-refractivity contribution in [1.29, 1.82) is 0 Å². The first kappa shape index (κ1) is 15.9. The number of aliphatic hydroxyl groups is 1. The lowest BCUT2D eigenvalue weighted by atomic mass is 9.79. The average Bonchev–Trinajstić information content (AvgIpc) is 2.60. The van der Waals surface area contributed by atoms with Crippen molar-refractivity contribution in [2.24, 2.45) is 5.73 Å². The zero-order chi connectivity index (χ0) is 16.2. The third-order valence-corrected chi connectivity index (χ3v) is 3.52. The molecule has 2 aromatic carbocycles. The minimum atomic E-state index is -1.92. The van der Waals surface area contributed by atoms with Crippen LogP contribution in [-0.4, -0.2) is 30.1 Å². The van der Waals surface area contributed by atoms with Crippen LogP contribution >= 0.6 is 0 Å². The number of carbonyl (C=O) groups excluding carboxylic acids is 2. The molecule has 0 amide bonds. The van der Waals surface area contributed by atoms with Gasteiger partial charge in [-0.2, -0.15) is 0 Å². The second kappa shape index (κ2) is 6.51. The first-order valence-corrected chi connectivity index (χ1v) is 6.72. The summed E-state index contributed by atoms with van der Waals surface area (Å²) in [6.45, 7) is 0. The molecule has 5 heteroatoms. The maximum atomic E-state index is 12.8. The first-order chi connectivity index (χ1) is 10.5. The molecule has 0 unspecified atom stereocenters. The Balaban J connectivity index is 2.56. The predicted octanol–water partition coefficient (Wildman–Crippen LogP) is 1.26. The van der Waals surface area contributed by atoms with Gasteiger partial charge >= 0.3 is 5.97 Å². The van der Waals surface area contributed by atoms with Gasteiger partial charge in [0.25, 0.3) is 0 Å². The lowest BCUT2D eigenvalue weighted by Gasteiger charge is -2.31. The number of hydrogen-bond donors (Lipinski definition) is 2. The molecule has 0 saturated heterocycles. The molecule has 0 radical (unpaired) electrons. The van der Waals surface area contributed by atoms with Crippen LogP contribution in [0.2, 0.25) is 0 Å². The van der Waals surface area contributed by atoms with Crippen LogP contribution in [0.25, 0.3) is 0 Å². The van der Waals surface area contributed by atoms with Crippen molar-refractivity contribution >= 4 is 11.8 Å². The van der Waals surface area contributed by atoms with Crippen LogP contribution in [0.4, 0.5) is 0 Å². The van der Waals surface area contributed by atoms with E-state index in [0.29, 0.717) is 11.1 Å². The van der Waals surface area contributed by atoms with Crippen LogP contribution < -0.4 is 5.73 Å².